The van der Waals surface area contributed by atoms with Crippen LogP contribution in [0.3, 0.4) is 0 Å². The molecule has 1 aliphatic heterocycles. The maximum absolute atomic E-state index is 13.8. The molecule has 1 atom stereocenters. The molecule has 1 aromatic carbocycles. The van der Waals surface area contributed by atoms with Crippen LogP contribution >= 0.6 is 0 Å². The van der Waals surface area contributed by atoms with Gasteiger partial charge < -0.3 is 15.2 Å². The molecule has 2 N–H and O–H groups in total. The average molecular weight is 276 g/mol. The molecule has 2 heterocycles. The Labute approximate surface area is 118 Å². The molecule has 0 radical (unpaired) electrons. The molecule has 0 saturated carbocycles. The van der Waals surface area contributed by atoms with Gasteiger partial charge in [0.25, 0.3) is 0 Å². The molecule has 5 heteroatoms. The van der Waals surface area contributed by atoms with E-state index in [1.165, 1.54) is 25.3 Å². The summed E-state index contributed by atoms with van der Waals surface area (Å²) in [7, 11) is 0. The molecule has 0 aliphatic carbocycles. The normalized spacial score (nSPS) is 18.5. The second kappa shape index (κ2) is 5.40. The molecule has 2 aromatic rings. The zero-order chi connectivity index (χ0) is 14.1. The van der Waals surface area contributed by atoms with Gasteiger partial charge in [0.2, 0.25) is 5.95 Å². The summed E-state index contributed by atoms with van der Waals surface area (Å²) < 4.78 is 15.7. The third-order valence-electron chi connectivity index (χ3n) is 4.11. The van der Waals surface area contributed by atoms with Crippen molar-refractivity contribution in [2.45, 2.75) is 32.2 Å². The lowest BCUT2D eigenvalue weighted by Crippen LogP contribution is -2.34. The molecule has 4 nitrogen and oxygen atoms in total. The molecule has 20 heavy (non-hydrogen) atoms. The fourth-order valence-electron chi connectivity index (χ4n) is 3.16. The monoisotopic (exact) mass is 276 g/mol. The molecule has 1 fully saturated rings. The van der Waals surface area contributed by atoms with Crippen molar-refractivity contribution in [1.29, 1.82) is 0 Å². The van der Waals surface area contributed by atoms with Crippen molar-refractivity contribution in [3.05, 3.63) is 24.0 Å². The zero-order valence-electron chi connectivity index (χ0n) is 11.8. The molecule has 108 valence electrons. The van der Waals surface area contributed by atoms with Crippen LogP contribution in [-0.4, -0.2) is 34.1 Å². The predicted molar refractivity (Wildman–Crippen MR) is 79.1 cm³/mol. The van der Waals surface area contributed by atoms with E-state index in [2.05, 4.69) is 16.8 Å². The van der Waals surface area contributed by atoms with Gasteiger partial charge in [0.15, 0.2) is 5.82 Å². The van der Waals surface area contributed by atoms with Crippen LogP contribution in [0.4, 0.5) is 10.3 Å². The van der Waals surface area contributed by atoms with E-state index in [0.29, 0.717) is 11.5 Å². The predicted octanol–water partition coefficient (Wildman–Crippen LogP) is 2.80. The average Bonchev–Trinajstić information content (AvgIpc) is 2.78. The lowest BCUT2D eigenvalue weighted by molar-refractivity contribution is 0.204. The van der Waals surface area contributed by atoms with E-state index in [4.69, 9.17) is 5.73 Å². The minimum atomic E-state index is -0.307. The molecule has 1 aromatic heterocycles. The second-order valence-corrected chi connectivity index (χ2v) is 5.66. The van der Waals surface area contributed by atoms with Crippen molar-refractivity contribution in [3.8, 4) is 0 Å². The van der Waals surface area contributed by atoms with E-state index in [1.807, 2.05) is 10.6 Å². The van der Waals surface area contributed by atoms with Crippen LogP contribution in [0.25, 0.3) is 11.0 Å². The van der Waals surface area contributed by atoms with Gasteiger partial charge >= 0.3 is 0 Å². The number of fused-ring (bicyclic) bond motifs is 1. The van der Waals surface area contributed by atoms with Gasteiger partial charge in [0, 0.05) is 12.6 Å². The van der Waals surface area contributed by atoms with Crippen LogP contribution in [0.1, 0.15) is 32.2 Å². The van der Waals surface area contributed by atoms with Gasteiger partial charge in [-0.25, -0.2) is 9.37 Å². The van der Waals surface area contributed by atoms with Crippen LogP contribution in [0, 0.1) is 5.82 Å². The van der Waals surface area contributed by atoms with Crippen molar-refractivity contribution in [2.75, 3.05) is 25.4 Å². The SMILES string of the molecule is CC(CN1CCCCC1)n1c(N)nc2c(F)cccc21. The minimum absolute atomic E-state index is 0.194. The number of likely N-dealkylation sites (tertiary alicyclic amines) is 1. The topological polar surface area (TPSA) is 47.1 Å². The molecular weight excluding hydrogens is 255 g/mol. The maximum atomic E-state index is 13.8. The highest BCUT2D eigenvalue weighted by Gasteiger charge is 2.19. The summed E-state index contributed by atoms with van der Waals surface area (Å²) in [5.74, 6) is 0.0905. The molecule has 0 spiro atoms. The third kappa shape index (κ3) is 2.38. The number of aromatic nitrogens is 2. The standard InChI is InChI=1S/C15H21FN4/c1-11(10-19-8-3-2-4-9-19)20-13-7-5-6-12(16)14(13)18-15(20)17/h5-7,11H,2-4,8-10H2,1H3,(H2,17,18). The first-order valence-corrected chi connectivity index (χ1v) is 7.31. The number of nitrogen functional groups attached to an aromatic ring is 1. The molecule has 1 unspecified atom stereocenters. The largest absolute Gasteiger partial charge is 0.369 e. The molecular formula is C15H21FN4. The first-order chi connectivity index (χ1) is 9.66. The van der Waals surface area contributed by atoms with Crippen molar-refractivity contribution < 1.29 is 4.39 Å². The van der Waals surface area contributed by atoms with Crippen LogP contribution in [0.15, 0.2) is 18.2 Å². The number of benzene rings is 1. The van der Waals surface area contributed by atoms with E-state index in [0.717, 1.165) is 25.2 Å². The highest BCUT2D eigenvalue weighted by atomic mass is 19.1. The summed E-state index contributed by atoms with van der Waals surface area (Å²) in [5, 5.41) is 0. The third-order valence-corrected chi connectivity index (χ3v) is 4.11. The summed E-state index contributed by atoms with van der Waals surface area (Å²) in [5.41, 5.74) is 7.15. The van der Waals surface area contributed by atoms with Crippen molar-refractivity contribution in [3.63, 3.8) is 0 Å². The second-order valence-electron chi connectivity index (χ2n) is 5.66. The Hall–Kier alpha value is -1.62. The van der Waals surface area contributed by atoms with E-state index in [1.54, 1.807) is 6.07 Å². The van der Waals surface area contributed by atoms with Crippen molar-refractivity contribution in [2.24, 2.45) is 0 Å². The van der Waals surface area contributed by atoms with E-state index in [-0.39, 0.29) is 11.9 Å². The molecule has 3 rings (SSSR count). The number of rotatable bonds is 3. The van der Waals surface area contributed by atoms with Gasteiger partial charge in [-0.15, -0.1) is 0 Å². The van der Waals surface area contributed by atoms with Gasteiger partial charge in [-0.3, -0.25) is 0 Å². The maximum Gasteiger partial charge on any atom is 0.201 e. The molecule has 1 saturated heterocycles. The van der Waals surface area contributed by atoms with Gasteiger partial charge in [0.05, 0.1) is 5.52 Å². The molecule has 0 bridgehead atoms. The van der Waals surface area contributed by atoms with Crippen molar-refractivity contribution in [1.82, 2.24) is 14.5 Å². The first-order valence-electron chi connectivity index (χ1n) is 7.31. The van der Waals surface area contributed by atoms with Gasteiger partial charge in [0.1, 0.15) is 5.52 Å². The summed E-state index contributed by atoms with van der Waals surface area (Å²) in [4.78, 5) is 6.63. The van der Waals surface area contributed by atoms with Gasteiger partial charge in [-0.1, -0.05) is 12.5 Å². The lowest BCUT2D eigenvalue weighted by Gasteiger charge is -2.30. The van der Waals surface area contributed by atoms with Crippen LogP contribution in [0.5, 0.6) is 0 Å². The number of para-hydroxylation sites is 1. The van der Waals surface area contributed by atoms with Gasteiger partial charge in [-0.2, -0.15) is 0 Å². The highest BCUT2D eigenvalue weighted by molar-refractivity contribution is 5.79. The number of piperidine rings is 1. The first kappa shape index (κ1) is 13.4. The van der Waals surface area contributed by atoms with Crippen LogP contribution < -0.4 is 5.73 Å². The number of imidazole rings is 1. The Morgan fingerprint density at radius 3 is 2.80 bits per heavy atom. The Kier molecular flexibility index (Phi) is 3.61. The number of hydrogen-bond acceptors (Lipinski definition) is 3. The Bertz CT molecular complexity index is 601. The number of anilines is 1. The number of hydrogen-bond donors (Lipinski definition) is 1. The molecule has 0 amide bonds. The minimum Gasteiger partial charge on any atom is -0.369 e. The number of nitrogens with zero attached hydrogens (tertiary/aromatic N) is 3. The van der Waals surface area contributed by atoms with Crippen LogP contribution in [-0.2, 0) is 0 Å². The van der Waals surface area contributed by atoms with E-state index in [9.17, 15) is 4.39 Å². The van der Waals surface area contributed by atoms with Crippen LogP contribution in [0.2, 0.25) is 0 Å². The number of halogens is 1. The highest BCUT2D eigenvalue weighted by Crippen LogP contribution is 2.25. The summed E-state index contributed by atoms with van der Waals surface area (Å²) >= 11 is 0. The Balaban J connectivity index is 1.88. The Morgan fingerprint density at radius 1 is 1.30 bits per heavy atom. The smallest absolute Gasteiger partial charge is 0.201 e. The summed E-state index contributed by atoms with van der Waals surface area (Å²) in [6.07, 6.45) is 3.86. The van der Waals surface area contributed by atoms with Crippen molar-refractivity contribution >= 4 is 17.0 Å². The zero-order valence-corrected chi connectivity index (χ0v) is 11.8. The van der Waals surface area contributed by atoms with E-state index >= 15 is 0 Å². The lowest BCUT2D eigenvalue weighted by atomic mass is 10.1. The quantitative estimate of drug-likeness (QED) is 0.937. The fourth-order valence-corrected chi connectivity index (χ4v) is 3.16. The summed E-state index contributed by atoms with van der Waals surface area (Å²) in [6.45, 7) is 5.35. The fraction of sp³-hybridized carbons (Fsp3) is 0.533. The van der Waals surface area contributed by atoms with E-state index < -0.39 is 0 Å². The Morgan fingerprint density at radius 2 is 2.05 bits per heavy atom. The van der Waals surface area contributed by atoms with Gasteiger partial charge in [-0.05, 0) is 45.0 Å². The number of nitrogens with two attached hydrogens (primary N) is 1. The summed E-state index contributed by atoms with van der Waals surface area (Å²) in [6, 6.07) is 5.21. The molecule has 1 aliphatic rings.